The Labute approximate surface area is 149 Å². The summed E-state index contributed by atoms with van der Waals surface area (Å²) in [6.45, 7) is 1.20. The minimum Gasteiger partial charge on any atom is -0.385 e. The number of fused-ring (bicyclic) bond motifs is 1. The predicted octanol–water partition coefficient (Wildman–Crippen LogP) is 3.91. The fourth-order valence-electron chi connectivity index (χ4n) is 3.46. The summed E-state index contributed by atoms with van der Waals surface area (Å²) in [4.78, 5) is 10.6. The molecule has 4 nitrogen and oxygen atoms in total. The van der Waals surface area contributed by atoms with Gasteiger partial charge in [-0.2, -0.15) is 0 Å². The first kappa shape index (κ1) is 16.2. The van der Waals surface area contributed by atoms with Crippen molar-refractivity contribution in [3.05, 3.63) is 65.2 Å². The quantitative estimate of drug-likeness (QED) is 0.755. The highest BCUT2D eigenvalue weighted by Gasteiger charge is 2.36. The molecule has 0 unspecified atom stereocenters. The summed E-state index contributed by atoms with van der Waals surface area (Å²) in [5, 5.41) is 12.3. The van der Waals surface area contributed by atoms with Gasteiger partial charge < -0.3 is 10.0 Å². The molecule has 0 aliphatic carbocycles. The Morgan fingerprint density at radius 3 is 2.60 bits per heavy atom. The van der Waals surface area contributed by atoms with Gasteiger partial charge in [0.25, 0.3) is 0 Å². The zero-order valence-corrected chi connectivity index (χ0v) is 14.2. The second kappa shape index (κ2) is 6.24. The molecule has 2 heterocycles. The van der Waals surface area contributed by atoms with Gasteiger partial charge in [-0.05, 0) is 37.1 Å². The van der Waals surface area contributed by atoms with E-state index in [1.54, 1.807) is 12.1 Å². The van der Waals surface area contributed by atoms with Crippen LogP contribution in [0.15, 0.2) is 48.8 Å². The van der Waals surface area contributed by atoms with E-state index >= 15 is 0 Å². The molecule has 2 aromatic carbocycles. The number of halogens is 2. The molecule has 1 aromatic heterocycles. The number of rotatable bonds is 2. The lowest BCUT2D eigenvalue weighted by molar-refractivity contribution is 0.0118. The molecule has 4 rings (SSSR count). The Hall–Kier alpha value is -2.24. The SMILES string of the molecule is OC1(c2ccccc2Cl)CCN(c2ncnc3ccc(F)cc23)CC1. The molecular weight excluding hydrogens is 341 g/mol. The lowest BCUT2D eigenvalue weighted by Gasteiger charge is -2.39. The molecule has 1 fully saturated rings. The molecule has 128 valence electrons. The van der Waals surface area contributed by atoms with Crippen LogP contribution in [0.1, 0.15) is 18.4 Å². The third-order valence-electron chi connectivity index (χ3n) is 4.84. The first-order chi connectivity index (χ1) is 12.1. The van der Waals surface area contributed by atoms with Crippen molar-refractivity contribution >= 4 is 28.3 Å². The van der Waals surface area contributed by atoms with E-state index in [4.69, 9.17) is 11.6 Å². The van der Waals surface area contributed by atoms with Crippen LogP contribution in [0.3, 0.4) is 0 Å². The van der Waals surface area contributed by atoms with Crippen molar-refractivity contribution in [1.82, 2.24) is 9.97 Å². The van der Waals surface area contributed by atoms with Crippen LogP contribution in [-0.4, -0.2) is 28.2 Å². The Balaban J connectivity index is 1.63. The van der Waals surface area contributed by atoms with E-state index in [1.165, 1.54) is 18.5 Å². The summed E-state index contributed by atoms with van der Waals surface area (Å²) in [5.74, 6) is 0.388. The smallest absolute Gasteiger partial charge is 0.139 e. The number of hydrogen-bond donors (Lipinski definition) is 1. The average molecular weight is 358 g/mol. The Bertz CT molecular complexity index is 925. The van der Waals surface area contributed by atoms with Crippen molar-refractivity contribution in [3.63, 3.8) is 0 Å². The van der Waals surface area contributed by atoms with E-state index in [9.17, 15) is 9.50 Å². The number of piperidine rings is 1. The highest BCUT2D eigenvalue weighted by atomic mass is 35.5. The van der Waals surface area contributed by atoms with Crippen LogP contribution >= 0.6 is 11.6 Å². The summed E-state index contributed by atoms with van der Waals surface area (Å²) in [6, 6.07) is 11.9. The van der Waals surface area contributed by atoms with Gasteiger partial charge in [0.15, 0.2) is 0 Å². The molecule has 25 heavy (non-hydrogen) atoms. The number of anilines is 1. The zero-order chi connectivity index (χ0) is 17.4. The molecule has 0 bridgehead atoms. The summed E-state index contributed by atoms with van der Waals surface area (Å²) >= 11 is 6.26. The molecule has 0 amide bonds. The molecule has 1 aliphatic rings. The highest BCUT2D eigenvalue weighted by molar-refractivity contribution is 6.31. The molecule has 0 saturated carbocycles. The molecule has 0 spiro atoms. The maximum Gasteiger partial charge on any atom is 0.139 e. The minimum atomic E-state index is -0.955. The number of hydrogen-bond acceptors (Lipinski definition) is 4. The summed E-state index contributed by atoms with van der Waals surface area (Å²) in [6.07, 6.45) is 2.54. The first-order valence-electron chi connectivity index (χ1n) is 8.19. The van der Waals surface area contributed by atoms with Gasteiger partial charge in [0.05, 0.1) is 11.1 Å². The summed E-state index contributed by atoms with van der Waals surface area (Å²) in [5.41, 5.74) is 0.511. The topological polar surface area (TPSA) is 49.2 Å². The third kappa shape index (κ3) is 2.94. The zero-order valence-electron chi connectivity index (χ0n) is 13.5. The van der Waals surface area contributed by atoms with Gasteiger partial charge in [-0.1, -0.05) is 29.8 Å². The number of aliphatic hydroxyl groups is 1. The van der Waals surface area contributed by atoms with Gasteiger partial charge >= 0.3 is 0 Å². The molecule has 1 aliphatic heterocycles. The standard InChI is InChI=1S/C19H17ClFN3O/c20-16-4-2-1-3-15(16)19(25)7-9-24(10-8-19)18-14-11-13(21)5-6-17(14)22-12-23-18/h1-6,11-12,25H,7-10H2. The van der Waals surface area contributed by atoms with Gasteiger partial charge in [-0.25, -0.2) is 14.4 Å². The van der Waals surface area contributed by atoms with Gasteiger partial charge in [0.2, 0.25) is 0 Å². The van der Waals surface area contributed by atoms with E-state index in [0.29, 0.717) is 47.7 Å². The number of benzene rings is 2. The van der Waals surface area contributed by atoms with Crippen LogP contribution in [0.25, 0.3) is 10.9 Å². The van der Waals surface area contributed by atoms with Gasteiger partial charge in [-0.3, -0.25) is 0 Å². The fourth-order valence-corrected chi connectivity index (χ4v) is 3.78. The van der Waals surface area contributed by atoms with Crippen LogP contribution in [0.5, 0.6) is 0 Å². The summed E-state index contributed by atoms with van der Waals surface area (Å²) in [7, 11) is 0. The minimum absolute atomic E-state index is 0.312. The highest BCUT2D eigenvalue weighted by Crippen LogP contribution is 2.38. The van der Waals surface area contributed by atoms with E-state index in [-0.39, 0.29) is 5.82 Å². The lowest BCUT2D eigenvalue weighted by Crippen LogP contribution is -2.43. The Kier molecular flexibility index (Phi) is 4.06. The van der Waals surface area contributed by atoms with Crippen molar-refractivity contribution in [2.75, 3.05) is 18.0 Å². The van der Waals surface area contributed by atoms with E-state index in [0.717, 1.165) is 5.56 Å². The Morgan fingerprint density at radius 2 is 1.84 bits per heavy atom. The van der Waals surface area contributed by atoms with E-state index < -0.39 is 5.60 Å². The molecular formula is C19H17ClFN3O. The molecule has 6 heteroatoms. The second-order valence-corrected chi connectivity index (χ2v) is 6.76. The van der Waals surface area contributed by atoms with Gasteiger partial charge in [0.1, 0.15) is 18.0 Å². The molecule has 1 N–H and O–H groups in total. The Morgan fingerprint density at radius 1 is 1.08 bits per heavy atom. The van der Waals surface area contributed by atoms with Crippen molar-refractivity contribution in [2.45, 2.75) is 18.4 Å². The van der Waals surface area contributed by atoms with E-state index in [1.807, 2.05) is 18.2 Å². The van der Waals surface area contributed by atoms with Gasteiger partial charge in [-0.15, -0.1) is 0 Å². The monoisotopic (exact) mass is 357 g/mol. The maximum absolute atomic E-state index is 13.6. The van der Waals surface area contributed by atoms with Crippen molar-refractivity contribution < 1.29 is 9.50 Å². The molecule has 3 aromatic rings. The van der Waals surface area contributed by atoms with Crippen LogP contribution in [0.2, 0.25) is 5.02 Å². The second-order valence-electron chi connectivity index (χ2n) is 6.36. The molecule has 0 atom stereocenters. The maximum atomic E-state index is 13.6. The largest absolute Gasteiger partial charge is 0.385 e. The molecule has 1 saturated heterocycles. The van der Waals surface area contributed by atoms with Crippen molar-refractivity contribution in [2.24, 2.45) is 0 Å². The van der Waals surface area contributed by atoms with Crippen LogP contribution in [0.4, 0.5) is 10.2 Å². The van der Waals surface area contributed by atoms with Crippen LogP contribution in [0, 0.1) is 5.82 Å². The normalized spacial score (nSPS) is 17.0. The lowest BCUT2D eigenvalue weighted by atomic mass is 9.84. The number of aromatic nitrogens is 2. The fraction of sp³-hybridized carbons (Fsp3) is 0.263. The van der Waals surface area contributed by atoms with Gasteiger partial charge in [0, 0.05) is 29.1 Å². The van der Waals surface area contributed by atoms with Crippen molar-refractivity contribution in [1.29, 1.82) is 0 Å². The number of nitrogens with zero attached hydrogens (tertiary/aromatic N) is 3. The molecule has 0 radical (unpaired) electrons. The summed E-state index contributed by atoms with van der Waals surface area (Å²) < 4.78 is 13.6. The third-order valence-corrected chi connectivity index (χ3v) is 5.17. The van der Waals surface area contributed by atoms with Crippen LogP contribution in [-0.2, 0) is 5.60 Å². The van der Waals surface area contributed by atoms with E-state index in [2.05, 4.69) is 14.9 Å². The average Bonchev–Trinajstić information content (AvgIpc) is 2.62. The van der Waals surface area contributed by atoms with Crippen LogP contribution < -0.4 is 4.90 Å². The predicted molar refractivity (Wildman–Crippen MR) is 96.3 cm³/mol. The van der Waals surface area contributed by atoms with Crippen molar-refractivity contribution in [3.8, 4) is 0 Å². The first-order valence-corrected chi connectivity index (χ1v) is 8.57.